The fourth-order valence-corrected chi connectivity index (χ4v) is 4.85. The molecule has 1 atom stereocenters. The summed E-state index contributed by atoms with van der Waals surface area (Å²) in [6, 6.07) is 10.9. The van der Waals surface area contributed by atoms with Crippen LogP contribution in [0.2, 0.25) is 10.0 Å². The van der Waals surface area contributed by atoms with Gasteiger partial charge in [-0.1, -0.05) is 42.3 Å². The molecule has 2 N–H and O–H groups in total. The van der Waals surface area contributed by atoms with Gasteiger partial charge in [-0.2, -0.15) is 5.26 Å². The van der Waals surface area contributed by atoms with E-state index < -0.39 is 17.6 Å². The number of hydrogen-bond donors (Lipinski definition) is 1. The lowest BCUT2D eigenvalue weighted by Crippen LogP contribution is -2.38. The lowest BCUT2D eigenvalue weighted by atomic mass is 9.80. The maximum atomic E-state index is 15.0. The third-order valence-corrected chi connectivity index (χ3v) is 6.41. The minimum atomic E-state index is -0.827. The van der Waals surface area contributed by atoms with Crippen molar-refractivity contribution in [3.8, 4) is 6.07 Å². The van der Waals surface area contributed by atoms with E-state index in [4.69, 9.17) is 33.7 Å². The highest BCUT2D eigenvalue weighted by molar-refractivity contribution is 6.32. The molecule has 8 heteroatoms. The Morgan fingerprint density at radius 2 is 1.85 bits per heavy atom. The molecule has 4 nitrogen and oxygen atoms in total. The number of allylic oxidation sites excluding steroid dienone is 1. The number of ether oxygens (including phenoxy) is 1. The molecular weight excluding hydrogens is 467 g/mol. The molecular formula is C25H21Cl2F2N3O. The van der Waals surface area contributed by atoms with Crippen LogP contribution in [0.4, 0.5) is 8.78 Å². The van der Waals surface area contributed by atoms with Crippen LogP contribution >= 0.6 is 23.2 Å². The predicted octanol–water partition coefficient (Wildman–Crippen LogP) is 6.14. The first-order valence-electron chi connectivity index (χ1n) is 10.5. The molecule has 0 bridgehead atoms. The standard InChI is InChI=1S/C25H21Cl2F2N3O/c1-2-9-32-12-14(10-15-18(26)5-3-7-20(15)28)24-17(13-32)22(16(11-30)25(31)33-24)23-19(27)6-4-8-21(23)29/h3-8,10,22H,2,9,12-13,31H2,1H3/b14-10+. The number of nitrogens with zero attached hydrogens (tertiary/aromatic N) is 2. The third kappa shape index (κ3) is 4.37. The zero-order chi connectivity index (χ0) is 23.7. The van der Waals surface area contributed by atoms with E-state index in [1.807, 2.05) is 6.92 Å². The summed E-state index contributed by atoms with van der Waals surface area (Å²) >= 11 is 12.7. The monoisotopic (exact) mass is 487 g/mol. The SMILES string of the molecule is CCCN1CC2=C(OC(N)=C(C#N)C2c2c(F)cccc2Cl)/C(=C/c2c(F)cccc2Cl)C1. The van der Waals surface area contributed by atoms with Crippen LogP contribution in [0, 0.1) is 23.0 Å². The van der Waals surface area contributed by atoms with Crippen LogP contribution in [-0.4, -0.2) is 24.5 Å². The fourth-order valence-electron chi connectivity index (χ4n) is 4.36. The van der Waals surface area contributed by atoms with Gasteiger partial charge in [-0.05, 0) is 48.9 Å². The van der Waals surface area contributed by atoms with Gasteiger partial charge in [-0.15, -0.1) is 0 Å². The maximum Gasteiger partial charge on any atom is 0.205 e. The Kier molecular flexibility index (Phi) is 6.76. The molecule has 2 aliphatic rings. The van der Waals surface area contributed by atoms with Crippen LogP contribution < -0.4 is 5.73 Å². The fraction of sp³-hybridized carbons (Fsp3) is 0.240. The summed E-state index contributed by atoms with van der Waals surface area (Å²) in [6.07, 6.45) is 2.49. The molecule has 33 heavy (non-hydrogen) atoms. The van der Waals surface area contributed by atoms with E-state index in [0.29, 0.717) is 30.0 Å². The van der Waals surface area contributed by atoms with Gasteiger partial charge in [0.1, 0.15) is 29.0 Å². The van der Waals surface area contributed by atoms with Crippen molar-refractivity contribution in [2.24, 2.45) is 5.73 Å². The molecule has 170 valence electrons. The number of benzene rings is 2. The Labute approximate surface area is 201 Å². The molecule has 2 aromatic carbocycles. The molecule has 4 rings (SSSR count). The molecule has 0 amide bonds. The third-order valence-electron chi connectivity index (χ3n) is 5.75. The second-order valence-corrected chi connectivity index (χ2v) is 8.74. The first-order chi connectivity index (χ1) is 15.8. The zero-order valence-corrected chi connectivity index (χ0v) is 19.4. The van der Waals surface area contributed by atoms with Crippen LogP contribution in [0.3, 0.4) is 0 Å². The molecule has 0 radical (unpaired) electrons. The van der Waals surface area contributed by atoms with Crippen molar-refractivity contribution in [2.75, 3.05) is 19.6 Å². The maximum absolute atomic E-state index is 15.0. The van der Waals surface area contributed by atoms with Gasteiger partial charge in [0.2, 0.25) is 5.88 Å². The Balaban J connectivity index is 1.96. The van der Waals surface area contributed by atoms with Crippen molar-refractivity contribution in [3.63, 3.8) is 0 Å². The Morgan fingerprint density at radius 3 is 2.48 bits per heavy atom. The Morgan fingerprint density at radius 1 is 1.15 bits per heavy atom. The highest BCUT2D eigenvalue weighted by Gasteiger charge is 2.39. The van der Waals surface area contributed by atoms with Crippen LogP contribution in [0.5, 0.6) is 0 Å². The smallest absolute Gasteiger partial charge is 0.205 e. The van der Waals surface area contributed by atoms with E-state index in [2.05, 4.69) is 11.0 Å². The van der Waals surface area contributed by atoms with Gasteiger partial charge in [-0.25, -0.2) is 8.78 Å². The lowest BCUT2D eigenvalue weighted by molar-refractivity contribution is 0.233. The van der Waals surface area contributed by atoms with Gasteiger partial charge in [0.05, 0.1) is 10.9 Å². The van der Waals surface area contributed by atoms with E-state index in [-0.39, 0.29) is 32.6 Å². The molecule has 0 saturated carbocycles. The van der Waals surface area contributed by atoms with Crippen molar-refractivity contribution < 1.29 is 13.5 Å². The number of halogens is 4. The topological polar surface area (TPSA) is 62.3 Å². The van der Waals surface area contributed by atoms with Crippen LogP contribution in [0.1, 0.15) is 30.4 Å². The van der Waals surface area contributed by atoms with Crippen molar-refractivity contribution >= 4 is 29.3 Å². The number of nitrogens with two attached hydrogens (primary N) is 1. The summed E-state index contributed by atoms with van der Waals surface area (Å²) < 4.78 is 35.5. The average Bonchev–Trinajstić information content (AvgIpc) is 2.77. The minimum Gasteiger partial charge on any atom is -0.440 e. The number of nitriles is 1. The highest BCUT2D eigenvalue weighted by atomic mass is 35.5. The van der Waals surface area contributed by atoms with Crippen LogP contribution in [0.15, 0.2) is 64.8 Å². The van der Waals surface area contributed by atoms with Gasteiger partial charge in [0.25, 0.3) is 0 Å². The summed E-state index contributed by atoms with van der Waals surface area (Å²) in [6.45, 7) is 3.64. The second kappa shape index (κ2) is 9.56. The molecule has 2 aliphatic heterocycles. The van der Waals surface area contributed by atoms with Crippen molar-refractivity contribution in [3.05, 3.63) is 97.6 Å². The van der Waals surface area contributed by atoms with Crippen molar-refractivity contribution in [1.82, 2.24) is 4.90 Å². The molecule has 0 aromatic heterocycles. The van der Waals surface area contributed by atoms with Gasteiger partial charge in [0, 0.05) is 34.8 Å². The Hall–Kier alpha value is -2.85. The summed E-state index contributed by atoms with van der Waals surface area (Å²) in [7, 11) is 0. The number of hydrogen-bond acceptors (Lipinski definition) is 4. The first-order valence-corrected chi connectivity index (χ1v) is 11.2. The molecule has 1 unspecified atom stereocenters. The van der Waals surface area contributed by atoms with Crippen molar-refractivity contribution in [2.45, 2.75) is 19.3 Å². The van der Waals surface area contributed by atoms with Gasteiger partial charge in [-0.3, -0.25) is 4.90 Å². The largest absolute Gasteiger partial charge is 0.440 e. The Bertz CT molecular complexity index is 1210. The lowest BCUT2D eigenvalue weighted by Gasteiger charge is -2.38. The van der Waals surface area contributed by atoms with E-state index in [1.54, 1.807) is 18.2 Å². The highest BCUT2D eigenvalue weighted by Crippen LogP contribution is 2.46. The summed E-state index contributed by atoms with van der Waals surface area (Å²) in [5.74, 6) is -1.59. The van der Waals surface area contributed by atoms with Crippen molar-refractivity contribution in [1.29, 1.82) is 5.26 Å². The first kappa shape index (κ1) is 23.3. The quantitative estimate of drug-likeness (QED) is 0.562. The summed E-state index contributed by atoms with van der Waals surface area (Å²) in [5.41, 5.74) is 7.87. The minimum absolute atomic E-state index is 0.0855. The number of rotatable bonds is 4. The summed E-state index contributed by atoms with van der Waals surface area (Å²) in [5, 5.41) is 10.3. The zero-order valence-electron chi connectivity index (χ0n) is 17.8. The van der Waals surface area contributed by atoms with Gasteiger partial charge in [0.15, 0.2) is 0 Å². The van der Waals surface area contributed by atoms with E-state index in [1.165, 1.54) is 24.3 Å². The van der Waals surface area contributed by atoms with Crippen LogP contribution in [0.25, 0.3) is 6.08 Å². The summed E-state index contributed by atoms with van der Waals surface area (Å²) in [4.78, 5) is 2.13. The van der Waals surface area contributed by atoms with Crippen LogP contribution in [-0.2, 0) is 4.74 Å². The van der Waals surface area contributed by atoms with E-state index >= 15 is 4.39 Å². The molecule has 0 saturated heterocycles. The van der Waals surface area contributed by atoms with E-state index in [0.717, 1.165) is 13.0 Å². The molecule has 0 aliphatic carbocycles. The molecule has 0 fully saturated rings. The molecule has 2 aromatic rings. The average molecular weight is 488 g/mol. The van der Waals surface area contributed by atoms with E-state index in [9.17, 15) is 9.65 Å². The normalized spacial score (nSPS) is 20.0. The predicted molar refractivity (Wildman–Crippen MR) is 125 cm³/mol. The van der Waals surface area contributed by atoms with Gasteiger partial charge >= 0.3 is 0 Å². The molecule has 0 spiro atoms. The van der Waals surface area contributed by atoms with Gasteiger partial charge < -0.3 is 10.5 Å². The second-order valence-electron chi connectivity index (χ2n) is 7.93. The molecule has 2 heterocycles.